The van der Waals surface area contributed by atoms with Crippen LogP contribution in [0.3, 0.4) is 0 Å². The van der Waals surface area contributed by atoms with Gasteiger partial charge in [-0.2, -0.15) is 0 Å². The molecule has 1 aromatic carbocycles. The zero-order chi connectivity index (χ0) is 16.2. The van der Waals surface area contributed by atoms with Crippen molar-refractivity contribution < 1.29 is 4.74 Å². The van der Waals surface area contributed by atoms with Crippen molar-refractivity contribution in [2.45, 2.75) is 32.5 Å². The van der Waals surface area contributed by atoms with Gasteiger partial charge in [-0.1, -0.05) is 18.2 Å². The number of nitrogens with one attached hydrogen (secondary N) is 1. The summed E-state index contributed by atoms with van der Waals surface area (Å²) in [6.07, 6.45) is 0.733. The molecule has 3 aromatic rings. The maximum Gasteiger partial charge on any atom is 0.267 e. The normalized spacial score (nSPS) is 16.4. The molecule has 0 spiro atoms. The van der Waals surface area contributed by atoms with Crippen LogP contribution < -0.4 is 5.56 Å². The Kier molecular flexibility index (Phi) is 3.30. The van der Waals surface area contributed by atoms with Crippen molar-refractivity contribution in [1.29, 1.82) is 0 Å². The van der Waals surface area contributed by atoms with Gasteiger partial charge < -0.3 is 9.72 Å². The van der Waals surface area contributed by atoms with Gasteiger partial charge in [0.15, 0.2) is 4.77 Å². The molecule has 0 unspecified atom stereocenters. The van der Waals surface area contributed by atoms with E-state index in [2.05, 4.69) is 18.8 Å². The van der Waals surface area contributed by atoms with Crippen LogP contribution in [0.1, 0.15) is 24.3 Å². The van der Waals surface area contributed by atoms with Gasteiger partial charge >= 0.3 is 0 Å². The van der Waals surface area contributed by atoms with E-state index < -0.39 is 0 Å². The molecule has 0 bridgehead atoms. The van der Waals surface area contributed by atoms with Crippen LogP contribution in [0.2, 0.25) is 0 Å². The molecular formula is C17H16N2O2S2. The minimum absolute atomic E-state index is 0.0508. The van der Waals surface area contributed by atoms with E-state index in [9.17, 15) is 4.79 Å². The van der Waals surface area contributed by atoms with Crippen molar-refractivity contribution in [3.05, 3.63) is 55.9 Å². The topological polar surface area (TPSA) is 47.0 Å². The van der Waals surface area contributed by atoms with E-state index in [1.54, 1.807) is 15.9 Å². The summed E-state index contributed by atoms with van der Waals surface area (Å²) in [5, 5.41) is 0.749. The Morgan fingerprint density at radius 3 is 2.78 bits per heavy atom. The van der Waals surface area contributed by atoms with Crippen LogP contribution in [-0.2, 0) is 17.8 Å². The minimum Gasteiger partial charge on any atom is -0.370 e. The van der Waals surface area contributed by atoms with E-state index in [4.69, 9.17) is 17.0 Å². The van der Waals surface area contributed by atoms with Crippen molar-refractivity contribution in [3.63, 3.8) is 0 Å². The minimum atomic E-state index is -0.252. The lowest BCUT2D eigenvalue weighted by Gasteiger charge is -2.29. The molecule has 0 fully saturated rings. The van der Waals surface area contributed by atoms with Gasteiger partial charge in [0.2, 0.25) is 0 Å². The second-order valence-electron chi connectivity index (χ2n) is 6.34. The fraction of sp³-hybridized carbons (Fsp3) is 0.294. The molecule has 1 aliphatic rings. The quantitative estimate of drug-likeness (QED) is 0.680. The van der Waals surface area contributed by atoms with E-state index in [0.29, 0.717) is 11.4 Å². The highest BCUT2D eigenvalue weighted by molar-refractivity contribution is 7.71. The number of H-pyrrole nitrogens is 1. The van der Waals surface area contributed by atoms with E-state index in [1.807, 2.05) is 30.3 Å². The number of para-hydroxylation sites is 1. The van der Waals surface area contributed by atoms with E-state index in [0.717, 1.165) is 32.8 Å². The first kappa shape index (κ1) is 14.8. The Labute approximate surface area is 142 Å². The molecule has 4 rings (SSSR count). The molecule has 3 heterocycles. The summed E-state index contributed by atoms with van der Waals surface area (Å²) in [7, 11) is 0. The summed E-state index contributed by atoms with van der Waals surface area (Å²) >= 11 is 6.99. The molecule has 0 aliphatic carbocycles. The number of thiophene rings is 1. The first-order valence-electron chi connectivity index (χ1n) is 7.45. The van der Waals surface area contributed by atoms with Gasteiger partial charge in [0, 0.05) is 11.3 Å². The highest BCUT2D eigenvalue weighted by atomic mass is 32.1. The second-order valence-corrected chi connectivity index (χ2v) is 7.83. The second kappa shape index (κ2) is 5.12. The molecule has 1 aliphatic heterocycles. The maximum absolute atomic E-state index is 13.1. The largest absolute Gasteiger partial charge is 0.370 e. The zero-order valence-corrected chi connectivity index (χ0v) is 14.5. The van der Waals surface area contributed by atoms with Crippen LogP contribution in [0.25, 0.3) is 15.9 Å². The monoisotopic (exact) mass is 344 g/mol. The predicted molar refractivity (Wildman–Crippen MR) is 95.2 cm³/mol. The molecule has 23 heavy (non-hydrogen) atoms. The van der Waals surface area contributed by atoms with Gasteiger partial charge in [-0.05, 0) is 43.8 Å². The molecule has 0 saturated carbocycles. The number of hydrogen-bond acceptors (Lipinski definition) is 4. The van der Waals surface area contributed by atoms with E-state index >= 15 is 0 Å². The molecule has 0 atom stereocenters. The Balaban J connectivity index is 2.05. The van der Waals surface area contributed by atoms with Crippen LogP contribution in [-0.4, -0.2) is 15.2 Å². The Morgan fingerprint density at radius 2 is 2.04 bits per heavy atom. The van der Waals surface area contributed by atoms with Gasteiger partial charge in [0.1, 0.15) is 4.83 Å². The van der Waals surface area contributed by atoms with Crippen molar-refractivity contribution >= 4 is 33.8 Å². The van der Waals surface area contributed by atoms with Gasteiger partial charge in [0.25, 0.3) is 5.56 Å². The third-order valence-electron chi connectivity index (χ3n) is 4.14. The smallest absolute Gasteiger partial charge is 0.267 e. The van der Waals surface area contributed by atoms with Gasteiger partial charge in [-0.15, -0.1) is 11.3 Å². The molecule has 6 heteroatoms. The number of fused-ring (bicyclic) bond motifs is 3. The number of aromatic nitrogens is 2. The number of ether oxygens (including phenoxy) is 1. The lowest BCUT2D eigenvalue weighted by atomic mass is 9.94. The van der Waals surface area contributed by atoms with Crippen LogP contribution in [0.15, 0.2) is 35.1 Å². The van der Waals surface area contributed by atoms with Crippen molar-refractivity contribution in [1.82, 2.24) is 9.55 Å². The summed E-state index contributed by atoms with van der Waals surface area (Å²) in [4.78, 5) is 18.3. The predicted octanol–water partition coefficient (Wildman–Crippen LogP) is 3.96. The number of benzene rings is 1. The third-order valence-corrected chi connectivity index (χ3v) is 5.55. The summed E-state index contributed by atoms with van der Waals surface area (Å²) in [5.41, 5.74) is 1.58. The Bertz CT molecular complexity index is 1010. The number of aromatic amines is 1. The summed E-state index contributed by atoms with van der Waals surface area (Å²) in [5.74, 6) is 0. The zero-order valence-electron chi connectivity index (χ0n) is 12.9. The van der Waals surface area contributed by atoms with Crippen LogP contribution >= 0.6 is 23.6 Å². The average molecular weight is 344 g/mol. The van der Waals surface area contributed by atoms with Crippen LogP contribution in [0.5, 0.6) is 0 Å². The average Bonchev–Trinajstić information content (AvgIpc) is 2.84. The van der Waals surface area contributed by atoms with Gasteiger partial charge in [-0.3, -0.25) is 9.36 Å². The molecular weight excluding hydrogens is 328 g/mol. The molecule has 0 saturated heterocycles. The highest BCUT2D eigenvalue weighted by Gasteiger charge is 2.30. The fourth-order valence-corrected chi connectivity index (χ4v) is 4.51. The number of rotatable bonds is 1. The maximum atomic E-state index is 13.1. The molecule has 1 N–H and O–H groups in total. The Hall–Kier alpha value is -1.76. The lowest BCUT2D eigenvalue weighted by molar-refractivity contribution is -0.0379. The summed E-state index contributed by atoms with van der Waals surface area (Å²) in [6.45, 7) is 4.66. The van der Waals surface area contributed by atoms with E-state index in [1.165, 1.54) is 0 Å². The lowest BCUT2D eigenvalue weighted by Crippen LogP contribution is -2.32. The Morgan fingerprint density at radius 1 is 1.30 bits per heavy atom. The standard InChI is InChI=1S/C17H16N2O2S2/c1-17(2)8-11-12(9-21-17)23-14-13(11)15(20)19(16(22)18-14)10-6-4-3-5-7-10/h3-7H,8-9H2,1-2H3,(H,18,22). The molecule has 4 nitrogen and oxygen atoms in total. The summed E-state index contributed by atoms with van der Waals surface area (Å²) < 4.78 is 7.87. The van der Waals surface area contributed by atoms with Crippen molar-refractivity contribution in [2.24, 2.45) is 0 Å². The number of nitrogens with zero attached hydrogens (tertiary/aromatic N) is 1. The fourth-order valence-electron chi connectivity index (χ4n) is 3.04. The molecule has 118 valence electrons. The van der Waals surface area contributed by atoms with Crippen molar-refractivity contribution in [2.75, 3.05) is 0 Å². The van der Waals surface area contributed by atoms with Gasteiger partial charge in [0.05, 0.1) is 23.3 Å². The SMILES string of the molecule is CC1(C)Cc2c(sc3[nH]c(=S)n(-c4ccccc4)c(=O)c23)CO1. The van der Waals surface area contributed by atoms with Crippen molar-refractivity contribution in [3.8, 4) is 5.69 Å². The summed E-state index contributed by atoms with van der Waals surface area (Å²) in [6, 6.07) is 9.51. The first-order valence-corrected chi connectivity index (χ1v) is 8.68. The first-order chi connectivity index (χ1) is 11.0. The number of hydrogen-bond donors (Lipinski definition) is 1. The molecule has 0 amide bonds. The van der Waals surface area contributed by atoms with Crippen LogP contribution in [0, 0.1) is 4.77 Å². The van der Waals surface area contributed by atoms with E-state index in [-0.39, 0.29) is 11.2 Å². The molecule has 0 radical (unpaired) electrons. The highest BCUT2D eigenvalue weighted by Crippen LogP contribution is 2.36. The molecule has 2 aromatic heterocycles. The van der Waals surface area contributed by atoms with Crippen LogP contribution in [0.4, 0.5) is 0 Å². The van der Waals surface area contributed by atoms with Gasteiger partial charge in [-0.25, -0.2) is 0 Å². The third kappa shape index (κ3) is 2.38.